The molecule has 0 radical (unpaired) electrons. The number of benzene rings is 6. The minimum Gasteiger partial charge on any atom is -0.504 e. The van der Waals surface area contributed by atoms with Gasteiger partial charge in [0.2, 0.25) is 0 Å². The van der Waals surface area contributed by atoms with Crippen LogP contribution in [-0.4, -0.2) is 71.2 Å². The van der Waals surface area contributed by atoms with E-state index in [9.17, 15) is 34.8 Å². The van der Waals surface area contributed by atoms with Crippen LogP contribution in [0.3, 0.4) is 0 Å². The molecule has 380 valence electrons. The number of para-hydroxylation sites is 4. The minimum atomic E-state index is -0.593. The van der Waals surface area contributed by atoms with Crippen molar-refractivity contribution in [2.75, 3.05) is 43.7 Å². The zero-order valence-corrected chi connectivity index (χ0v) is 42.0. The number of rotatable bonds is 17. The highest BCUT2D eigenvalue weighted by molar-refractivity contribution is 6.07. The molecule has 6 N–H and O–H groups in total. The van der Waals surface area contributed by atoms with Crippen LogP contribution in [0.2, 0.25) is 0 Å². The second kappa shape index (κ2) is 25.8. The number of esters is 1. The first kappa shape index (κ1) is 53.5. The Labute approximate surface area is 421 Å². The highest BCUT2D eigenvalue weighted by Crippen LogP contribution is 2.42. The van der Waals surface area contributed by atoms with Crippen molar-refractivity contribution in [2.24, 2.45) is 0 Å². The number of fused-ring (bicyclic) bond motifs is 8. The summed E-state index contributed by atoms with van der Waals surface area (Å²) in [5.41, 5.74) is 7.49. The van der Waals surface area contributed by atoms with E-state index in [1.165, 1.54) is 43.3 Å². The molecule has 0 atom stereocenters. The second-order valence-electron chi connectivity index (χ2n) is 17.3. The molecule has 72 heavy (non-hydrogen) atoms. The molecular weight excluding hydrogens is 917 g/mol. The Morgan fingerprint density at radius 1 is 0.444 bits per heavy atom. The van der Waals surface area contributed by atoms with E-state index < -0.39 is 34.8 Å². The molecule has 0 unspecified atom stereocenters. The molecule has 6 aromatic carbocycles. The quantitative estimate of drug-likeness (QED) is 0.0373. The van der Waals surface area contributed by atoms with Crippen LogP contribution in [0.15, 0.2) is 97.1 Å². The van der Waals surface area contributed by atoms with Gasteiger partial charge in [0.05, 0.1) is 44.2 Å². The SMILES string of the molecule is CCCOc1c2cccc1Cc1cc(NC(=O)c3cccc(O)c3O)cc(c1OCCC)Cc1cccc(c1OCCC)Cc1cc(NC(=O)c3cccc(O)c3O)cc(c1OCCC)C2.CCOC(C)=O. The Hall–Kier alpha value is -7.87. The molecule has 6 aromatic rings. The third-order valence-electron chi connectivity index (χ3n) is 11.5. The Morgan fingerprint density at radius 2 is 0.736 bits per heavy atom. The molecule has 0 aromatic heterocycles. The van der Waals surface area contributed by atoms with Gasteiger partial charge < -0.3 is 54.7 Å². The average molecular weight is 983 g/mol. The van der Waals surface area contributed by atoms with Gasteiger partial charge in [-0.3, -0.25) is 14.4 Å². The number of anilines is 2. The summed E-state index contributed by atoms with van der Waals surface area (Å²) in [4.78, 5) is 37.4. The monoisotopic (exact) mass is 982 g/mol. The molecule has 14 nitrogen and oxygen atoms in total. The van der Waals surface area contributed by atoms with Gasteiger partial charge in [0.25, 0.3) is 11.8 Å². The fourth-order valence-electron chi connectivity index (χ4n) is 8.42. The van der Waals surface area contributed by atoms with E-state index in [1.54, 1.807) is 6.92 Å². The molecule has 0 saturated heterocycles. The number of phenolic OH excluding ortho intramolecular Hbond substituents is 4. The Kier molecular flexibility index (Phi) is 19.2. The van der Waals surface area contributed by atoms with E-state index in [1.807, 2.05) is 74.5 Å². The number of aromatic hydroxyl groups is 4. The summed E-state index contributed by atoms with van der Waals surface area (Å²) in [5, 5.41) is 47.7. The van der Waals surface area contributed by atoms with Gasteiger partial charge >= 0.3 is 5.97 Å². The maximum Gasteiger partial charge on any atom is 0.302 e. The fourth-order valence-corrected chi connectivity index (χ4v) is 8.42. The van der Waals surface area contributed by atoms with Crippen LogP contribution < -0.4 is 29.6 Å². The van der Waals surface area contributed by atoms with Gasteiger partial charge in [-0.25, -0.2) is 0 Å². The van der Waals surface area contributed by atoms with Crippen molar-refractivity contribution in [1.29, 1.82) is 0 Å². The molecule has 1 aliphatic carbocycles. The van der Waals surface area contributed by atoms with Crippen molar-refractivity contribution >= 4 is 29.2 Å². The number of carbonyl (C=O) groups excluding carboxylic acids is 3. The highest BCUT2D eigenvalue weighted by atomic mass is 16.5. The maximum atomic E-state index is 13.8. The molecule has 7 rings (SSSR count). The smallest absolute Gasteiger partial charge is 0.302 e. The predicted molar refractivity (Wildman–Crippen MR) is 278 cm³/mol. The van der Waals surface area contributed by atoms with E-state index in [0.717, 1.165) is 70.2 Å². The molecule has 8 bridgehead atoms. The molecule has 0 saturated carbocycles. The lowest BCUT2D eigenvalue weighted by molar-refractivity contribution is -0.140. The van der Waals surface area contributed by atoms with E-state index in [4.69, 9.17) is 18.9 Å². The van der Waals surface area contributed by atoms with Gasteiger partial charge in [-0.15, -0.1) is 0 Å². The Balaban J connectivity index is 0.00000133. The summed E-state index contributed by atoms with van der Waals surface area (Å²) in [6, 6.07) is 28.1. The largest absolute Gasteiger partial charge is 0.504 e. The number of hydrogen-bond acceptors (Lipinski definition) is 12. The number of hydrogen-bond donors (Lipinski definition) is 6. The average Bonchev–Trinajstić information content (AvgIpc) is 3.34. The van der Waals surface area contributed by atoms with E-state index >= 15 is 0 Å². The van der Waals surface area contributed by atoms with Gasteiger partial charge in [-0.05, 0) is 103 Å². The zero-order chi connectivity index (χ0) is 51.7. The molecule has 0 fully saturated rings. The normalized spacial score (nSPS) is 11.6. The van der Waals surface area contributed by atoms with Crippen molar-refractivity contribution in [3.63, 3.8) is 0 Å². The molecule has 1 aliphatic rings. The van der Waals surface area contributed by atoms with Crippen molar-refractivity contribution < 1.29 is 58.5 Å². The first-order chi connectivity index (χ1) is 34.8. The summed E-state index contributed by atoms with van der Waals surface area (Å²) in [6.45, 7) is 13.6. The number of ether oxygens (including phenoxy) is 5. The van der Waals surface area contributed by atoms with Crippen LogP contribution >= 0.6 is 0 Å². The van der Waals surface area contributed by atoms with Crippen molar-refractivity contribution in [1.82, 2.24) is 0 Å². The fraction of sp³-hybridized carbons (Fsp3) is 0.328. The lowest BCUT2D eigenvalue weighted by atomic mass is 9.90. The molecule has 0 spiro atoms. The van der Waals surface area contributed by atoms with Crippen LogP contribution in [0.5, 0.6) is 46.0 Å². The highest BCUT2D eigenvalue weighted by Gasteiger charge is 2.25. The summed E-state index contributed by atoms with van der Waals surface area (Å²) < 4.78 is 31.0. The number of nitrogens with one attached hydrogen (secondary N) is 2. The zero-order valence-electron chi connectivity index (χ0n) is 42.0. The standard InChI is InChI=1S/C54H58N2O10.C4H8O2/c1-5-21-63-49-33-13-9-14-34(49)26-38-30-42(56-54(62)44-18-12-20-46(58)48(44)60)32-40(52(38)66-24-8-4)28-36-16-10-15-35(50(36)64-22-6-2)27-39-31-41(29-37(25-33)51(39)65-23-7-3)55-53(61)43-17-11-19-45(57)47(43)59;1-3-6-4(2)5/h9-20,29-32,57-60H,5-8,21-28H2,1-4H3,(H,55,61)(H,56,62);3H2,1-2H3. The number of phenols is 4. The third kappa shape index (κ3) is 13.5. The Morgan fingerprint density at radius 3 is 1.00 bits per heavy atom. The summed E-state index contributed by atoms with van der Waals surface area (Å²) in [6.07, 6.45) is 4.44. The van der Waals surface area contributed by atoms with Gasteiger partial charge in [-0.2, -0.15) is 0 Å². The summed E-state index contributed by atoms with van der Waals surface area (Å²) >= 11 is 0. The van der Waals surface area contributed by atoms with Crippen LogP contribution in [0.4, 0.5) is 11.4 Å². The van der Waals surface area contributed by atoms with Gasteiger partial charge in [0.15, 0.2) is 23.0 Å². The summed E-state index contributed by atoms with van der Waals surface area (Å²) in [5.74, 6) is -0.477. The van der Waals surface area contributed by atoms with Crippen LogP contribution in [0.1, 0.15) is 132 Å². The maximum absolute atomic E-state index is 13.8. The van der Waals surface area contributed by atoms with E-state index in [2.05, 4.69) is 29.2 Å². The predicted octanol–water partition coefficient (Wildman–Crippen LogP) is 11.4. The first-order valence-electron chi connectivity index (χ1n) is 24.6. The lowest BCUT2D eigenvalue weighted by Gasteiger charge is -2.24. The Bertz CT molecular complexity index is 2580. The van der Waals surface area contributed by atoms with Gasteiger partial charge in [0.1, 0.15) is 23.0 Å². The van der Waals surface area contributed by atoms with Crippen molar-refractivity contribution in [3.05, 3.63) is 153 Å². The van der Waals surface area contributed by atoms with Gasteiger partial charge in [0, 0.05) is 66.2 Å². The van der Waals surface area contributed by atoms with Gasteiger partial charge in [-0.1, -0.05) is 76.2 Å². The van der Waals surface area contributed by atoms with Crippen molar-refractivity contribution in [2.45, 2.75) is 92.9 Å². The van der Waals surface area contributed by atoms with Crippen molar-refractivity contribution in [3.8, 4) is 46.0 Å². The topological polar surface area (TPSA) is 202 Å². The number of carbonyl (C=O) groups is 3. The van der Waals surface area contributed by atoms with Crippen LogP contribution in [0, 0.1) is 0 Å². The lowest BCUT2D eigenvalue weighted by Crippen LogP contribution is -2.15. The second-order valence-corrected chi connectivity index (χ2v) is 17.3. The van der Waals surface area contributed by atoms with E-state index in [-0.39, 0.29) is 17.1 Å². The van der Waals surface area contributed by atoms with Crippen LogP contribution in [0.25, 0.3) is 0 Å². The molecule has 2 amide bonds. The molecule has 0 aliphatic heterocycles. The van der Waals surface area contributed by atoms with Crippen LogP contribution in [-0.2, 0) is 35.2 Å². The van der Waals surface area contributed by atoms with E-state index in [0.29, 0.717) is 93.1 Å². The molecule has 0 heterocycles. The first-order valence-corrected chi connectivity index (χ1v) is 24.6. The number of amides is 2. The minimum absolute atomic E-state index is 0.0736. The third-order valence-corrected chi connectivity index (χ3v) is 11.5. The molecular formula is C58H66N2O12. The molecule has 14 heteroatoms. The summed E-state index contributed by atoms with van der Waals surface area (Å²) in [7, 11) is 0.